The summed E-state index contributed by atoms with van der Waals surface area (Å²) in [4.78, 5) is 14.5. The van der Waals surface area contributed by atoms with Crippen LogP contribution in [0.2, 0.25) is 5.02 Å². The van der Waals surface area contributed by atoms with Gasteiger partial charge in [0.2, 0.25) is 0 Å². The summed E-state index contributed by atoms with van der Waals surface area (Å²) < 4.78 is 0. The van der Waals surface area contributed by atoms with Gasteiger partial charge in [0, 0.05) is 24.7 Å². The topological polar surface area (TPSA) is 29.4 Å². The van der Waals surface area contributed by atoms with Crippen molar-refractivity contribution in [1.29, 1.82) is 0 Å². The Labute approximate surface area is 121 Å². The Balaban J connectivity index is 2.63. The van der Waals surface area contributed by atoms with Crippen molar-refractivity contribution >= 4 is 51.5 Å². The van der Waals surface area contributed by atoms with Gasteiger partial charge in [0.25, 0.3) is 0 Å². The molecule has 0 spiro atoms. The van der Waals surface area contributed by atoms with E-state index in [1.54, 1.807) is 19.1 Å². The van der Waals surface area contributed by atoms with Gasteiger partial charge in [-0.2, -0.15) is 4.99 Å². The van der Waals surface area contributed by atoms with E-state index in [0.29, 0.717) is 22.9 Å². The molecule has 1 aromatic rings. The number of thiocarbonyl (C=S) groups is 1. The SMILES string of the molecule is CC(=O)SCCC#Cc1ccc(N=C=S)c(Cl)c1. The van der Waals surface area contributed by atoms with Gasteiger partial charge in [-0.25, -0.2) is 0 Å². The summed E-state index contributed by atoms with van der Waals surface area (Å²) in [5.74, 6) is 6.68. The number of benzene rings is 1. The van der Waals surface area contributed by atoms with Crippen molar-refractivity contribution in [1.82, 2.24) is 0 Å². The zero-order valence-corrected chi connectivity index (χ0v) is 12.1. The fourth-order valence-corrected chi connectivity index (χ4v) is 1.95. The molecule has 0 radical (unpaired) electrons. The molecule has 0 aliphatic heterocycles. The second-order valence-electron chi connectivity index (χ2n) is 3.26. The number of hydrogen-bond donors (Lipinski definition) is 0. The first kappa shape index (κ1) is 14.9. The van der Waals surface area contributed by atoms with E-state index in [9.17, 15) is 4.79 Å². The minimum absolute atomic E-state index is 0.113. The van der Waals surface area contributed by atoms with Crippen molar-refractivity contribution in [2.24, 2.45) is 4.99 Å². The molecule has 0 saturated carbocycles. The van der Waals surface area contributed by atoms with E-state index < -0.39 is 0 Å². The molecule has 0 aliphatic carbocycles. The van der Waals surface area contributed by atoms with Gasteiger partial charge in [0.05, 0.1) is 15.9 Å². The number of thioether (sulfide) groups is 1. The standard InChI is InChI=1S/C13H10ClNOS2/c1-10(16)18-7-3-2-4-11-5-6-13(15-9-17)12(14)8-11/h5-6,8H,3,7H2,1H3. The molecule has 5 heteroatoms. The average molecular weight is 296 g/mol. The average Bonchev–Trinajstić information content (AvgIpc) is 2.32. The van der Waals surface area contributed by atoms with Crippen molar-refractivity contribution in [3.8, 4) is 11.8 Å². The number of carbonyl (C=O) groups is 1. The van der Waals surface area contributed by atoms with Gasteiger partial charge in [0.15, 0.2) is 5.12 Å². The van der Waals surface area contributed by atoms with Crippen LogP contribution < -0.4 is 0 Å². The van der Waals surface area contributed by atoms with Crippen molar-refractivity contribution < 1.29 is 4.79 Å². The lowest BCUT2D eigenvalue weighted by Crippen LogP contribution is -1.84. The van der Waals surface area contributed by atoms with Crippen LogP contribution in [0.5, 0.6) is 0 Å². The predicted octanol–water partition coefficient (Wildman–Crippen LogP) is 4.10. The highest BCUT2D eigenvalue weighted by atomic mass is 35.5. The molecule has 0 saturated heterocycles. The van der Waals surface area contributed by atoms with E-state index >= 15 is 0 Å². The molecule has 0 heterocycles. The van der Waals surface area contributed by atoms with Crippen LogP contribution in [0.15, 0.2) is 23.2 Å². The Morgan fingerprint density at radius 2 is 2.33 bits per heavy atom. The zero-order valence-electron chi connectivity index (χ0n) is 9.70. The second kappa shape index (κ2) is 8.07. The predicted molar refractivity (Wildman–Crippen MR) is 80.8 cm³/mol. The van der Waals surface area contributed by atoms with Gasteiger partial charge in [0.1, 0.15) is 0 Å². The van der Waals surface area contributed by atoms with Gasteiger partial charge in [-0.3, -0.25) is 4.79 Å². The molecule has 0 unspecified atom stereocenters. The maximum absolute atomic E-state index is 10.7. The normalized spacial score (nSPS) is 9.00. The first-order valence-corrected chi connectivity index (χ1v) is 6.90. The summed E-state index contributed by atoms with van der Waals surface area (Å²) in [7, 11) is 0. The minimum atomic E-state index is 0.113. The molecular formula is C13H10ClNOS2. The monoisotopic (exact) mass is 295 g/mol. The number of carbonyl (C=O) groups excluding carboxylic acids is 1. The van der Waals surface area contributed by atoms with Crippen molar-refractivity contribution in [2.75, 3.05) is 5.75 Å². The Kier molecular flexibility index (Phi) is 6.70. The quantitative estimate of drug-likeness (QED) is 0.364. The summed E-state index contributed by atoms with van der Waals surface area (Å²) in [6.07, 6.45) is 0.668. The summed E-state index contributed by atoms with van der Waals surface area (Å²) in [5.41, 5.74) is 1.40. The Morgan fingerprint density at radius 3 is 2.94 bits per heavy atom. The van der Waals surface area contributed by atoms with Gasteiger partial charge < -0.3 is 0 Å². The molecule has 0 aromatic heterocycles. The van der Waals surface area contributed by atoms with E-state index in [1.807, 2.05) is 6.07 Å². The number of aliphatic imine (C=N–C) groups is 1. The van der Waals surface area contributed by atoms with Crippen LogP contribution in [0.25, 0.3) is 0 Å². The largest absolute Gasteiger partial charge is 0.288 e. The highest BCUT2D eigenvalue weighted by molar-refractivity contribution is 8.13. The number of halogens is 1. The second-order valence-corrected chi connectivity index (χ2v) is 5.12. The van der Waals surface area contributed by atoms with Gasteiger partial charge in [-0.05, 0) is 30.4 Å². The molecule has 18 heavy (non-hydrogen) atoms. The lowest BCUT2D eigenvalue weighted by molar-refractivity contribution is -0.109. The molecule has 0 amide bonds. The molecule has 0 fully saturated rings. The highest BCUT2D eigenvalue weighted by Crippen LogP contribution is 2.24. The first-order valence-electron chi connectivity index (χ1n) is 5.13. The third-order valence-electron chi connectivity index (χ3n) is 1.88. The number of isothiocyanates is 1. The van der Waals surface area contributed by atoms with E-state index in [0.717, 1.165) is 5.56 Å². The fourth-order valence-electron chi connectivity index (χ4n) is 1.13. The van der Waals surface area contributed by atoms with Crippen molar-refractivity contribution in [3.63, 3.8) is 0 Å². The first-order chi connectivity index (χ1) is 8.63. The number of nitrogens with zero attached hydrogens (tertiary/aromatic N) is 1. The maximum atomic E-state index is 10.7. The molecule has 0 atom stereocenters. The lowest BCUT2D eigenvalue weighted by Gasteiger charge is -1.96. The smallest absolute Gasteiger partial charge is 0.185 e. The van der Waals surface area contributed by atoms with E-state index in [-0.39, 0.29) is 5.12 Å². The van der Waals surface area contributed by atoms with Crippen LogP contribution in [0.3, 0.4) is 0 Å². The van der Waals surface area contributed by atoms with E-state index in [2.05, 4.69) is 34.2 Å². The van der Waals surface area contributed by atoms with Gasteiger partial charge >= 0.3 is 0 Å². The van der Waals surface area contributed by atoms with Crippen LogP contribution >= 0.6 is 35.6 Å². The molecule has 1 aromatic carbocycles. The molecule has 92 valence electrons. The lowest BCUT2D eigenvalue weighted by atomic mass is 10.2. The Hall–Kier alpha value is -1.11. The molecule has 1 rings (SSSR count). The van der Waals surface area contributed by atoms with E-state index in [1.165, 1.54) is 11.8 Å². The van der Waals surface area contributed by atoms with Crippen LogP contribution in [0.4, 0.5) is 5.69 Å². The zero-order chi connectivity index (χ0) is 13.4. The Morgan fingerprint density at radius 1 is 1.56 bits per heavy atom. The van der Waals surface area contributed by atoms with Crippen LogP contribution in [-0.4, -0.2) is 16.0 Å². The maximum Gasteiger partial charge on any atom is 0.185 e. The van der Waals surface area contributed by atoms with Gasteiger partial charge in [-0.15, -0.1) is 0 Å². The van der Waals surface area contributed by atoms with Crippen LogP contribution in [-0.2, 0) is 4.79 Å². The highest BCUT2D eigenvalue weighted by Gasteiger charge is 1.98. The molecule has 0 bridgehead atoms. The van der Waals surface area contributed by atoms with Crippen LogP contribution in [0, 0.1) is 11.8 Å². The fraction of sp³-hybridized carbons (Fsp3) is 0.231. The van der Waals surface area contributed by atoms with Crippen molar-refractivity contribution in [2.45, 2.75) is 13.3 Å². The summed E-state index contributed by atoms with van der Waals surface area (Å²) in [6, 6.07) is 5.30. The van der Waals surface area contributed by atoms with Crippen LogP contribution in [0.1, 0.15) is 18.9 Å². The summed E-state index contributed by atoms with van der Waals surface area (Å²) in [6.45, 7) is 1.55. The summed E-state index contributed by atoms with van der Waals surface area (Å²) in [5, 5.41) is 2.88. The van der Waals surface area contributed by atoms with E-state index in [4.69, 9.17) is 11.6 Å². The molecule has 2 nitrogen and oxygen atoms in total. The minimum Gasteiger partial charge on any atom is -0.288 e. The number of hydrogen-bond acceptors (Lipinski definition) is 4. The van der Waals surface area contributed by atoms with Gasteiger partial charge in [-0.1, -0.05) is 35.2 Å². The molecule has 0 aliphatic rings. The van der Waals surface area contributed by atoms with Crippen molar-refractivity contribution in [3.05, 3.63) is 28.8 Å². The summed E-state index contributed by atoms with van der Waals surface area (Å²) >= 11 is 11.8. The molecule has 0 N–H and O–H groups in total. The third kappa shape index (κ3) is 5.48. The molecular weight excluding hydrogens is 286 g/mol. The Bertz CT molecular complexity index is 554. The number of rotatable bonds is 3. The third-order valence-corrected chi connectivity index (χ3v) is 3.09.